The summed E-state index contributed by atoms with van der Waals surface area (Å²) in [5.74, 6) is 0.641. The molecule has 0 aromatic heterocycles. The molecule has 1 atom stereocenters. The summed E-state index contributed by atoms with van der Waals surface area (Å²) < 4.78 is 17.0. The smallest absolute Gasteiger partial charge is 0.410 e. The number of carbonyl (C=O) groups excluding carboxylic acids is 1. The zero-order valence-electron chi connectivity index (χ0n) is 16.7. The number of allylic oxidation sites excluding steroid dienone is 1. The molecule has 2 rings (SSSR count). The number of hydrogen-bond acceptors (Lipinski definition) is 3. The van der Waals surface area contributed by atoms with Gasteiger partial charge >= 0.3 is 6.09 Å². The van der Waals surface area contributed by atoms with E-state index in [-0.39, 0.29) is 6.09 Å². The highest BCUT2D eigenvalue weighted by molar-refractivity contribution is 7.84. The zero-order valence-corrected chi connectivity index (χ0v) is 18.2. The van der Waals surface area contributed by atoms with Gasteiger partial charge in [0, 0.05) is 19.3 Å². The lowest BCUT2D eigenvalue weighted by Crippen LogP contribution is -2.41. The van der Waals surface area contributed by atoms with Crippen molar-refractivity contribution in [3.05, 3.63) is 34.9 Å². The lowest BCUT2D eigenvalue weighted by Gasteiger charge is -2.33. The monoisotopic (exact) mass is 411 g/mol. The van der Waals surface area contributed by atoms with Gasteiger partial charge in [0.1, 0.15) is 5.60 Å². The van der Waals surface area contributed by atoms with Gasteiger partial charge in [-0.25, -0.2) is 4.79 Å². The fourth-order valence-electron chi connectivity index (χ4n) is 3.14. The van der Waals surface area contributed by atoms with Crippen molar-refractivity contribution < 1.29 is 13.7 Å². The topological polar surface area (TPSA) is 46.6 Å². The van der Waals surface area contributed by atoms with Gasteiger partial charge in [-0.1, -0.05) is 29.8 Å². The Morgan fingerprint density at radius 2 is 2.00 bits per heavy atom. The van der Waals surface area contributed by atoms with Crippen LogP contribution in [0.1, 0.15) is 52.0 Å². The van der Waals surface area contributed by atoms with Crippen LogP contribution in [-0.2, 0) is 15.5 Å². The minimum absolute atomic E-state index is 0.200. The molecule has 1 aromatic rings. The summed E-state index contributed by atoms with van der Waals surface area (Å²) in [6.45, 7) is 7.23. The average Bonchev–Trinajstić information content (AvgIpc) is 2.57. The third-order valence-corrected chi connectivity index (χ3v) is 5.98. The highest BCUT2D eigenvalue weighted by Crippen LogP contribution is 2.25. The Morgan fingerprint density at radius 3 is 2.56 bits per heavy atom. The number of nitrogens with zero attached hydrogens (tertiary/aromatic N) is 1. The fourth-order valence-corrected chi connectivity index (χ4v) is 4.24. The molecule has 1 fully saturated rings. The molecule has 0 bridgehead atoms. The van der Waals surface area contributed by atoms with Gasteiger partial charge in [0.25, 0.3) is 0 Å². The van der Waals surface area contributed by atoms with E-state index in [2.05, 4.69) is 12.2 Å². The quantitative estimate of drug-likeness (QED) is 0.640. The van der Waals surface area contributed by atoms with Gasteiger partial charge in [-0.3, -0.25) is 4.21 Å². The van der Waals surface area contributed by atoms with Gasteiger partial charge in [0.2, 0.25) is 0 Å². The van der Waals surface area contributed by atoms with Gasteiger partial charge in [-0.15, -0.1) is 0 Å². The van der Waals surface area contributed by atoms with E-state index in [4.69, 9.17) is 16.3 Å². The summed E-state index contributed by atoms with van der Waals surface area (Å²) >= 11 is 6.17. The number of ether oxygens (including phenoxy) is 1. The van der Waals surface area contributed by atoms with Gasteiger partial charge in [0.05, 0.1) is 20.7 Å². The summed E-state index contributed by atoms with van der Waals surface area (Å²) in [4.78, 5) is 14.6. The molecule has 6 heteroatoms. The van der Waals surface area contributed by atoms with Gasteiger partial charge in [0.15, 0.2) is 0 Å². The van der Waals surface area contributed by atoms with Crippen LogP contribution in [0.15, 0.2) is 29.2 Å². The van der Waals surface area contributed by atoms with Crippen molar-refractivity contribution in [2.45, 2.75) is 57.0 Å². The molecular formula is C21H30ClNO3S. The molecule has 1 aromatic carbocycles. The second kappa shape index (κ2) is 9.74. The number of halogens is 1. The van der Waals surface area contributed by atoms with Gasteiger partial charge < -0.3 is 9.64 Å². The molecule has 1 aliphatic rings. The van der Waals surface area contributed by atoms with Crippen molar-refractivity contribution in [3.63, 3.8) is 0 Å². The predicted octanol–water partition coefficient (Wildman–Crippen LogP) is 5.52. The number of rotatable bonds is 5. The highest BCUT2D eigenvalue weighted by atomic mass is 35.5. The normalized spacial score (nSPS) is 17.3. The number of piperidine rings is 1. The Kier molecular flexibility index (Phi) is 7.92. The molecule has 4 nitrogen and oxygen atoms in total. The van der Waals surface area contributed by atoms with Crippen molar-refractivity contribution in [2.75, 3.05) is 19.3 Å². The third kappa shape index (κ3) is 7.30. The first-order valence-electron chi connectivity index (χ1n) is 9.43. The zero-order chi connectivity index (χ0) is 20.0. The molecule has 0 aliphatic carbocycles. The molecular weight excluding hydrogens is 382 g/mol. The summed E-state index contributed by atoms with van der Waals surface area (Å²) in [7, 11) is -1.06. The largest absolute Gasteiger partial charge is 0.444 e. The van der Waals surface area contributed by atoms with E-state index >= 15 is 0 Å². The maximum atomic E-state index is 12.1. The van der Waals surface area contributed by atoms with Crippen LogP contribution in [0.25, 0.3) is 6.08 Å². The van der Waals surface area contributed by atoms with Crippen LogP contribution < -0.4 is 0 Å². The molecule has 0 saturated carbocycles. The molecule has 0 spiro atoms. The second-order valence-electron chi connectivity index (χ2n) is 8.03. The van der Waals surface area contributed by atoms with Gasteiger partial charge in [-0.2, -0.15) is 0 Å². The lowest BCUT2D eigenvalue weighted by atomic mass is 9.92. The van der Waals surface area contributed by atoms with E-state index in [9.17, 15) is 9.00 Å². The number of hydrogen-bond donors (Lipinski definition) is 0. The molecule has 1 aliphatic heterocycles. The predicted molar refractivity (Wildman–Crippen MR) is 113 cm³/mol. The van der Waals surface area contributed by atoms with Crippen LogP contribution in [0.5, 0.6) is 0 Å². The summed E-state index contributed by atoms with van der Waals surface area (Å²) in [5.41, 5.74) is 0.584. The van der Waals surface area contributed by atoms with Crippen LogP contribution >= 0.6 is 11.6 Å². The molecule has 1 unspecified atom stereocenters. The van der Waals surface area contributed by atoms with E-state index in [1.807, 2.05) is 43.9 Å². The van der Waals surface area contributed by atoms with Crippen molar-refractivity contribution in [3.8, 4) is 0 Å². The molecule has 150 valence electrons. The molecule has 0 radical (unpaired) electrons. The van der Waals surface area contributed by atoms with Crippen LogP contribution in [0.3, 0.4) is 0 Å². The first kappa shape index (κ1) is 22.0. The first-order valence-corrected chi connectivity index (χ1v) is 11.4. The minimum Gasteiger partial charge on any atom is -0.444 e. The average molecular weight is 412 g/mol. The molecule has 1 heterocycles. The van der Waals surface area contributed by atoms with Crippen LogP contribution in [-0.4, -0.2) is 40.1 Å². The fraction of sp³-hybridized carbons (Fsp3) is 0.571. The first-order chi connectivity index (χ1) is 12.7. The maximum Gasteiger partial charge on any atom is 0.410 e. The van der Waals surface area contributed by atoms with E-state index < -0.39 is 16.4 Å². The van der Waals surface area contributed by atoms with Crippen molar-refractivity contribution in [1.82, 2.24) is 4.90 Å². The summed E-state index contributed by atoms with van der Waals surface area (Å²) in [5, 5.41) is 0.549. The van der Waals surface area contributed by atoms with E-state index in [0.29, 0.717) is 15.8 Å². The van der Waals surface area contributed by atoms with Crippen LogP contribution in [0.2, 0.25) is 5.02 Å². The molecule has 1 amide bonds. The molecule has 1 saturated heterocycles. The second-order valence-corrected chi connectivity index (χ2v) is 9.79. The number of amides is 1. The maximum absolute atomic E-state index is 12.1. The Morgan fingerprint density at radius 1 is 1.33 bits per heavy atom. The standard InChI is InChI=1S/C21H30ClNO3S/c1-21(2,3)26-20(24)23-13-11-16(12-14-23)7-5-6-8-17-9-10-19(27(4)25)18(22)15-17/h6,8-10,15-16H,5,7,11-14H2,1-4H3/b8-6+. The number of likely N-dealkylation sites (tertiary alicyclic amines) is 1. The van der Waals surface area contributed by atoms with E-state index in [1.165, 1.54) is 0 Å². The van der Waals surface area contributed by atoms with Crippen molar-refractivity contribution >= 4 is 34.6 Å². The number of benzene rings is 1. The van der Waals surface area contributed by atoms with Crippen molar-refractivity contribution in [1.29, 1.82) is 0 Å². The SMILES string of the molecule is CS(=O)c1ccc(/C=C/CCC2CCN(C(=O)OC(C)(C)C)CC2)cc1Cl. The van der Waals surface area contributed by atoms with E-state index in [1.54, 1.807) is 6.26 Å². The van der Waals surface area contributed by atoms with E-state index in [0.717, 1.165) is 44.3 Å². The Balaban J connectivity index is 1.74. The third-order valence-electron chi connectivity index (χ3n) is 4.58. The molecule has 0 N–H and O–H groups in total. The lowest BCUT2D eigenvalue weighted by molar-refractivity contribution is 0.0181. The Hall–Kier alpha value is -1.33. The summed E-state index contributed by atoms with van der Waals surface area (Å²) in [6, 6.07) is 5.62. The Labute approximate surface area is 170 Å². The van der Waals surface area contributed by atoms with Crippen molar-refractivity contribution in [2.24, 2.45) is 5.92 Å². The van der Waals surface area contributed by atoms with Crippen LogP contribution in [0, 0.1) is 5.92 Å². The Bertz CT molecular complexity index is 704. The molecule has 27 heavy (non-hydrogen) atoms. The number of carbonyl (C=O) groups is 1. The van der Waals surface area contributed by atoms with Crippen LogP contribution in [0.4, 0.5) is 4.79 Å². The minimum atomic E-state index is -1.06. The van der Waals surface area contributed by atoms with Gasteiger partial charge in [-0.05, 0) is 70.1 Å². The summed E-state index contributed by atoms with van der Waals surface area (Å²) in [6.07, 6.45) is 9.81. The highest BCUT2D eigenvalue weighted by Gasteiger charge is 2.26.